The van der Waals surface area contributed by atoms with E-state index >= 15 is 0 Å². The zero-order valence-corrected chi connectivity index (χ0v) is 21.5. The van der Waals surface area contributed by atoms with Gasteiger partial charge in [-0.15, -0.1) is 0 Å². The van der Waals surface area contributed by atoms with Crippen LogP contribution in [0.2, 0.25) is 0 Å². The summed E-state index contributed by atoms with van der Waals surface area (Å²) in [5.41, 5.74) is 1.21. The third-order valence-corrected chi connectivity index (χ3v) is 8.38. The van der Waals surface area contributed by atoms with E-state index in [1.165, 1.54) is 0 Å². The van der Waals surface area contributed by atoms with Gasteiger partial charge >= 0.3 is 0 Å². The lowest BCUT2D eigenvalue weighted by Crippen LogP contribution is -2.53. The highest BCUT2D eigenvalue weighted by atomic mass is 16.5. The zero-order valence-electron chi connectivity index (χ0n) is 21.5. The van der Waals surface area contributed by atoms with E-state index < -0.39 is 12.1 Å². The molecule has 1 aromatic heterocycles. The minimum Gasteiger partial charge on any atom is -0.496 e. The molecule has 9 heteroatoms. The topological polar surface area (TPSA) is 121 Å². The number of hydrogen-bond donors (Lipinski definition) is 3. The number of carbonyl (C=O) groups is 4. The molecule has 5 atom stereocenters. The van der Waals surface area contributed by atoms with Crippen LogP contribution < -0.4 is 15.4 Å². The number of ether oxygens (including phenoxy) is 1. The van der Waals surface area contributed by atoms with Gasteiger partial charge in [-0.2, -0.15) is 0 Å². The molecular weight excluding hydrogens is 472 g/mol. The predicted octanol–water partition coefficient (Wildman–Crippen LogP) is 2.80. The van der Waals surface area contributed by atoms with Gasteiger partial charge in [0.15, 0.2) is 5.78 Å². The van der Waals surface area contributed by atoms with Crippen LogP contribution in [0.5, 0.6) is 5.75 Å². The lowest BCUT2D eigenvalue weighted by molar-refractivity contribution is -0.132. The number of Topliss-reactive ketones (excluding diaryl/α,β-unsaturated/α-hetero) is 1. The van der Waals surface area contributed by atoms with Gasteiger partial charge < -0.3 is 25.3 Å². The van der Waals surface area contributed by atoms with Crippen LogP contribution in [-0.2, 0) is 14.4 Å². The average Bonchev–Trinajstić information content (AvgIpc) is 3.66. The Kier molecular flexibility index (Phi) is 7.22. The first-order valence-corrected chi connectivity index (χ1v) is 13.5. The van der Waals surface area contributed by atoms with Gasteiger partial charge in [0.25, 0.3) is 5.91 Å². The number of aromatic nitrogens is 1. The Labute approximate surface area is 216 Å². The Bertz CT molecular complexity index is 1210. The van der Waals surface area contributed by atoms with E-state index in [4.69, 9.17) is 4.74 Å². The Balaban J connectivity index is 1.39. The van der Waals surface area contributed by atoms with Gasteiger partial charge in [-0.05, 0) is 62.1 Å². The molecule has 2 aliphatic heterocycles. The Hall–Kier alpha value is -3.36. The smallest absolute Gasteiger partial charge is 0.271 e. The standard InChI is InChI=1S/C28H36N4O5/c1-3-6-23(33)21(13-16-11-12-29-26(16)34)31-27(35)25-18-8-4-7-17(18)15-32(25)28(36)22-14-19-20(30-22)9-5-10-24(19)37-2/h5,9-10,14,16-18,21,25,30H,3-4,6-8,11-13,15H2,1-2H3,(H,29,34)(H,31,35)/t16-,17-,18-,21-,25-/m0/s1. The highest BCUT2D eigenvalue weighted by Crippen LogP contribution is 2.43. The number of likely N-dealkylation sites (tertiary alicyclic amines) is 1. The lowest BCUT2D eigenvalue weighted by atomic mass is 9.91. The van der Waals surface area contributed by atoms with E-state index in [1.807, 2.05) is 25.1 Å². The molecular formula is C28H36N4O5. The number of hydrogen-bond acceptors (Lipinski definition) is 5. The molecule has 1 saturated carbocycles. The summed E-state index contributed by atoms with van der Waals surface area (Å²) in [6.07, 6.45) is 4.87. The Morgan fingerprint density at radius 1 is 1.22 bits per heavy atom. The third-order valence-electron chi connectivity index (χ3n) is 8.38. The molecule has 0 bridgehead atoms. The van der Waals surface area contributed by atoms with Crippen molar-refractivity contribution in [3.63, 3.8) is 0 Å². The van der Waals surface area contributed by atoms with Crippen molar-refractivity contribution in [2.45, 2.75) is 64.0 Å². The monoisotopic (exact) mass is 508 g/mol. The molecule has 1 aromatic carbocycles. The number of amides is 3. The van der Waals surface area contributed by atoms with Crippen LogP contribution in [0.1, 0.15) is 62.4 Å². The number of carbonyl (C=O) groups excluding carboxylic acids is 4. The normalized spacial score (nSPS) is 25.7. The van der Waals surface area contributed by atoms with E-state index in [0.717, 1.165) is 30.2 Å². The van der Waals surface area contributed by atoms with Crippen LogP contribution >= 0.6 is 0 Å². The molecule has 3 aliphatic rings. The maximum atomic E-state index is 13.8. The number of benzene rings is 1. The second kappa shape index (κ2) is 10.6. The van der Waals surface area contributed by atoms with Gasteiger partial charge in [0.05, 0.1) is 13.2 Å². The molecule has 3 fully saturated rings. The van der Waals surface area contributed by atoms with Crippen LogP contribution in [0.3, 0.4) is 0 Å². The molecule has 1 aliphatic carbocycles. The second-order valence-corrected chi connectivity index (χ2v) is 10.7. The predicted molar refractivity (Wildman–Crippen MR) is 138 cm³/mol. The molecule has 2 aromatic rings. The van der Waals surface area contributed by atoms with E-state index in [0.29, 0.717) is 50.2 Å². The van der Waals surface area contributed by atoms with Crippen molar-refractivity contribution in [3.05, 3.63) is 30.0 Å². The minimum atomic E-state index is -0.726. The van der Waals surface area contributed by atoms with Gasteiger partial charge in [0.1, 0.15) is 17.5 Å². The molecule has 3 heterocycles. The molecule has 198 valence electrons. The van der Waals surface area contributed by atoms with E-state index in [2.05, 4.69) is 15.6 Å². The van der Waals surface area contributed by atoms with Crippen molar-refractivity contribution in [2.24, 2.45) is 17.8 Å². The summed E-state index contributed by atoms with van der Waals surface area (Å²) in [6, 6.07) is 6.02. The largest absolute Gasteiger partial charge is 0.496 e. The number of aromatic amines is 1. The van der Waals surface area contributed by atoms with Gasteiger partial charge in [-0.25, -0.2) is 0 Å². The first-order valence-electron chi connectivity index (χ1n) is 13.5. The number of nitrogens with one attached hydrogen (secondary N) is 3. The van der Waals surface area contributed by atoms with E-state index in [1.54, 1.807) is 18.1 Å². The summed E-state index contributed by atoms with van der Waals surface area (Å²) in [5.74, 6) is 0.0947. The molecule has 3 amide bonds. The first-order chi connectivity index (χ1) is 17.9. The lowest BCUT2D eigenvalue weighted by Gasteiger charge is -2.29. The maximum absolute atomic E-state index is 13.8. The summed E-state index contributed by atoms with van der Waals surface area (Å²) in [5, 5.41) is 6.62. The highest BCUT2D eigenvalue weighted by Gasteiger charge is 2.50. The molecule has 37 heavy (non-hydrogen) atoms. The van der Waals surface area contributed by atoms with Crippen LogP contribution in [0.15, 0.2) is 24.3 Å². The molecule has 0 spiro atoms. The summed E-state index contributed by atoms with van der Waals surface area (Å²) in [6.45, 7) is 3.04. The quantitative estimate of drug-likeness (QED) is 0.481. The van der Waals surface area contributed by atoms with Crippen molar-refractivity contribution < 1.29 is 23.9 Å². The summed E-state index contributed by atoms with van der Waals surface area (Å²) < 4.78 is 5.44. The molecule has 2 saturated heterocycles. The van der Waals surface area contributed by atoms with Crippen molar-refractivity contribution >= 4 is 34.4 Å². The average molecular weight is 509 g/mol. The number of rotatable bonds is 9. The molecule has 5 rings (SSSR count). The van der Waals surface area contributed by atoms with E-state index in [9.17, 15) is 19.2 Å². The number of H-pyrrole nitrogens is 1. The van der Waals surface area contributed by atoms with Crippen molar-refractivity contribution in [2.75, 3.05) is 20.2 Å². The number of ketones is 1. The number of fused-ring (bicyclic) bond motifs is 2. The van der Waals surface area contributed by atoms with Crippen LogP contribution in [0, 0.1) is 17.8 Å². The Morgan fingerprint density at radius 3 is 2.78 bits per heavy atom. The summed E-state index contributed by atoms with van der Waals surface area (Å²) in [4.78, 5) is 57.6. The summed E-state index contributed by atoms with van der Waals surface area (Å²) >= 11 is 0. The van der Waals surface area contributed by atoms with Crippen molar-refractivity contribution in [1.29, 1.82) is 0 Å². The molecule has 3 N–H and O–H groups in total. The fraction of sp³-hybridized carbons (Fsp3) is 0.571. The zero-order chi connectivity index (χ0) is 26.1. The van der Waals surface area contributed by atoms with Crippen molar-refractivity contribution in [3.8, 4) is 5.75 Å². The van der Waals surface area contributed by atoms with Gasteiger partial charge in [0.2, 0.25) is 11.8 Å². The van der Waals surface area contributed by atoms with Crippen LogP contribution in [0.25, 0.3) is 10.9 Å². The molecule has 9 nitrogen and oxygen atoms in total. The fourth-order valence-corrected chi connectivity index (χ4v) is 6.53. The SMILES string of the molecule is CCCC(=O)[C@H](C[C@@H]1CCNC1=O)NC(=O)[C@@H]1[C@H]2CCC[C@H]2CN1C(=O)c1cc2c(OC)cccc2[nH]1. The minimum absolute atomic E-state index is 0.0582. The molecule has 0 radical (unpaired) electrons. The van der Waals surface area contributed by atoms with Crippen LogP contribution in [-0.4, -0.2) is 65.7 Å². The van der Waals surface area contributed by atoms with E-state index in [-0.39, 0.29) is 41.3 Å². The highest BCUT2D eigenvalue weighted by molar-refractivity contribution is 6.02. The number of nitrogens with zero attached hydrogens (tertiary/aromatic N) is 1. The third kappa shape index (κ3) is 4.83. The van der Waals surface area contributed by atoms with Gasteiger partial charge in [-0.1, -0.05) is 19.4 Å². The summed E-state index contributed by atoms with van der Waals surface area (Å²) in [7, 11) is 1.59. The van der Waals surface area contributed by atoms with Crippen molar-refractivity contribution in [1.82, 2.24) is 20.5 Å². The first kappa shape index (κ1) is 25.3. The Morgan fingerprint density at radius 2 is 2.05 bits per heavy atom. The number of methoxy groups -OCH3 is 1. The van der Waals surface area contributed by atoms with Gasteiger partial charge in [-0.3, -0.25) is 19.2 Å². The second-order valence-electron chi connectivity index (χ2n) is 10.7. The van der Waals surface area contributed by atoms with Gasteiger partial charge in [0, 0.05) is 36.3 Å². The van der Waals surface area contributed by atoms with Crippen LogP contribution in [0.4, 0.5) is 0 Å². The maximum Gasteiger partial charge on any atom is 0.271 e. The molecule has 0 unspecified atom stereocenters. The fourth-order valence-electron chi connectivity index (χ4n) is 6.53.